The van der Waals surface area contributed by atoms with E-state index < -0.39 is 0 Å². The lowest BCUT2D eigenvalue weighted by atomic mass is 9.98. The van der Waals surface area contributed by atoms with Gasteiger partial charge in [0.25, 0.3) is 0 Å². The summed E-state index contributed by atoms with van der Waals surface area (Å²) in [6.45, 7) is 2.95. The molecule has 1 aliphatic rings. The summed E-state index contributed by atoms with van der Waals surface area (Å²) in [4.78, 5) is 11.0. The Morgan fingerprint density at radius 3 is 2.56 bits per heavy atom. The van der Waals surface area contributed by atoms with Crippen LogP contribution >= 0.6 is 22.6 Å². The lowest BCUT2D eigenvalue weighted by molar-refractivity contribution is 0.139. The van der Waals surface area contributed by atoms with Gasteiger partial charge in [0.1, 0.15) is 0 Å². The third-order valence-corrected chi connectivity index (χ3v) is 3.46. The average Bonchev–Trinajstić information content (AvgIpc) is 2.32. The molecule has 0 spiro atoms. The van der Waals surface area contributed by atoms with Crippen LogP contribution in [-0.4, -0.2) is 36.8 Å². The second-order valence-electron chi connectivity index (χ2n) is 4.09. The molecule has 0 bridgehead atoms. The Morgan fingerprint density at radius 2 is 2.00 bits per heavy atom. The number of hydrogen-bond donors (Lipinski definition) is 0. The number of anilines is 1. The van der Waals surface area contributed by atoms with Crippen molar-refractivity contribution in [3.63, 3.8) is 0 Å². The smallest absolute Gasteiger partial charge is 0.225 e. The van der Waals surface area contributed by atoms with Crippen LogP contribution in [0.15, 0.2) is 12.4 Å². The third-order valence-electron chi connectivity index (χ3n) is 2.91. The van der Waals surface area contributed by atoms with E-state index in [0.29, 0.717) is 5.92 Å². The first-order chi connectivity index (χ1) is 7.79. The molecule has 1 aromatic rings. The van der Waals surface area contributed by atoms with Crippen LogP contribution in [0, 0.1) is 9.49 Å². The maximum absolute atomic E-state index is 5.19. The van der Waals surface area contributed by atoms with E-state index in [4.69, 9.17) is 4.74 Å². The van der Waals surface area contributed by atoms with Crippen molar-refractivity contribution in [1.82, 2.24) is 9.97 Å². The van der Waals surface area contributed by atoms with Crippen molar-refractivity contribution in [3.05, 3.63) is 16.0 Å². The summed E-state index contributed by atoms with van der Waals surface area (Å²) in [6.07, 6.45) is 6.07. The van der Waals surface area contributed by atoms with E-state index in [-0.39, 0.29) is 0 Å². The lowest BCUT2D eigenvalue weighted by Crippen LogP contribution is -2.36. The van der Waals surface area contributed by atoms with E-state index in [1.807, 2.05) is 12.4 Å². The molecular formula is C11H16IN3O. The highest BCUT2D eigenvalue weighted by atomic mass is 127. The average molecular weight is 333 g/mol. The van der Waals surface area contributed by atoms with Crippen LogP contribution in [-0.2, 0) is 4.74 Å². The molecule has 2 heterocycles. The molecule has 0 unspecified atom stereocenters. The normalized spacial score (nSPS) is 17.8. The molecule has 88 valence electrons. The number of nitrogens with zero attached hydrogens (tertiary/aromatic N) is 3. The fourth-order valence-electron chi connectivity index (χ4n) is 2.00. The Labute approximate surface area is 110 Å². The molecule has 1 saturated heterocycles. The summed E-state index contributed by atoms with van der Waals surface area (Å²) in [5.41, 5.74) is 0. The Balaban J connectivity index is 1.91. The molecule has 0 amide bonds. The van der Waals surface area contributed by atoms with Crippen molar-refractivity contribution >= 4 is 28.5 Å². The second kappa shape index (κ2) is 5.77. The fraction of sp³-hybridized carbons (Fsp3) is 0.636. The topological polar surface area (TPSA) is 38.2 Å². The number of rotatable bonds is 3. The molecule has 4 nitrogen and oxygen atoms in total. The highest BCUT2D eigenvalue weighted by Gasteiger charge is 2.20. The van der Waals surface area contributed by atoms with E-state index in [1.54, 1.807) is 7.11 Å². The number of halogens is 1. The molecule has 0 radical (unpaired) electrons. The molecule has 0 N–H and O–H groups in total. The van der Waals surface area contributed by atoms with Crippen LogP contribution in [0.3, 0.4) is 0 Å². The van der Waals surface area contributed by atoms with Gasteiger partial charge in [-0.05, 0) is 41.4 Å². The number of hydrogen-bond acceptors (Lipinski definition) is 4. The van der Waals surface area contributed by atoms with Crippen LogP contribution in [0.25, 0.3) is 0 Å². The largest absolute Gasteiger partial charge is 0.384 e. The molecule has 16 heavy (non-hydrogen) atoms. The molecule has 0 aliphatic carbocycles. The van der Waals surface area contributed by atoms with E-state index in [1.165, 1.54) is 12.8 Å². The summed E-state index contributed by atoms with van der Waals surface area (Å²) in [7, 11) is 1.77. The molecule has 0 atom stereocenters. The maximum Gasteiger partial charge on any atom is 0.225 e. The van der Waals surface area contributed by atoms with Crippen molar-refractivity contribution in [2.24, 2.45) is 5.92 Å². The minimum absolute atomic E-state index is 0.699. The first-order valence-electron chi connectivity index (χ1n) is 5.51. The van der Waals surface area contributed by atoms with E-state index in [9.17, 15) is 0 Å². The summed E-state index contributed by atoms with van der Waals surface area (Å²) in [6, 6.07) is 0. The monoisotopic (exact) mass is 333 g/mol. The Morgan fingerprint density at radius 1 is 1.38 bits per heavy atom. The van der Waals surface area contributed by atoms with Gasteiger partial charge >= 0.3 is 0 Å². The number of methoxy groups -OCH3 is 1. The molecule has 5 heteroatoms. The summed E-state index contributed by atoms with van der Waals surface area (Å²) in [5.74, 6) is 1.56. The van der Waals surface area contributed by atoms with Gasteiger partial charge in [0, 0.05) is 42.8 Å². The zero-order valence-corrected chi connectivity index (χ0v) is 11.6. The van der Waals surface area contributed by atoms with Crippen molar-refractivity contribution in [2.45, 2.75) is 12.8 Å². The van der Waals surface area contributed by atoms with Gasteiger partial charge in [-0.3, -0.25) is 0 Å². The molecule has 2 rings (SSSR count). The van der Waals surface area contributed by atoms with Crippen LogP contribution in [0.4, 0.5) is 5.95 Å². The van der Waals surface area contributed by atoms with Gasteiger partial charge in [0.05, 0.1) is 0 Å². The van der Waals surface area contributed by atoms with E-state index >= 15 is 0 Å². The van der Waals surface area contributed by atoms with Gasteiger partial charge in [0.2, 0.25) is 5.95 Å². The molecule has 1 aliphatic heterocycles. The van der Waals surface area contributed by atoms with Crippen LogP contribution < -0.4 is 4.90 Å². The predicted octanol–water partition coefficient (Wildman–Crippen LogP) is 1.94. The van der Waals surface area contributed by atoms with Gasteiger partial charge < -0.3 is 9.64 Å². The van der Waals surface area contributed by atoms with Crippen molar-refractivity contribution in [2.75, 3.05) is 31.7 Å². The molecule has 1 fully saturated rings. The van der Waals surface area contributed by atoms with Gasteiger partial charge in [-0.1, -0.05) is 0 Å². The minimum atomic E-state index is 0.699. The Kier molecular flexibility index (Phi) is 4.34. The molecule has 0 saturated carbocycles. The fourth-order valence-corrected chi connectivity index (χ4v) is 2.28. The number of ether oxygens (including phenoxy) is 1. The summed E-state index contributed by atoms with van der Waals surface area (Å²) in [5, 5.41) is 0. The maximum atomic E-state index is 5.19. The zero-order valence-electron chi connectivity index (χ0n) is 9.40. The first-order valence-corrected chi connectivity index (χ1v) is 6.59. The Bertz CT molecular complexity index is 323. The summed E-state index contributed by atoms with van der Waals surface area (Å²) >= 11 is 2.22. The van der Waals surface area contributed by atoms with Crippen molar-refractivity contribution in [1.29, 1.82) is 0 Å². The first kappa shape index (κ1) is 12.0. The van der Waals surface area contributed by atoms with Gasteiger partial charge in [-0.15, -0.1) is 0 Å². The number of aromatic nitrogens is 2. The van der Waals surface area contributed by atoms with Gasteiger partial charge in [0.15, 0.2) is 0 Å². The quantitative estimate of drug-likeness (QED) is 0.793. The van der Waals surface area contributed by atoms with Crippen LogP contribution in [0.5, 0.6) is 0 Å². The molecular weight excluding hydrogens is 317 g/mol. The van der Waals surface area contributed by atoms with Crippen molar-refractivity contribution < 1.29 is 4.74 Å². The highest BCUT2D eigenvalue weighted by molar-refractivity contribution is 14.1. The number of piperidine rings is 1. The highest BCUT2D eigenvalue weighted by Crippen LogP contribution is 2.20. The van der Waals surface area contributed by atoms with Crippen molar-refractivity contribution in [3.8, 4) is 0 Å². The molecule has 1 aromatic heterocycles. The van der Waals surface area contributed by atoms with Crippen LogP contribution in [0.2, 0.25) is 0 Å². The summed E-state index contributed by atoms with van der Waals surface area (Å²) < 4.78 is 6.27. The van der Waals surface area contributed by atoms with Crippen LogP contribution in [0.1, 0.15) is 12.8 Å². The van der Waals surface area contributed by atoms with Gasteiger partial charge in [-0.25, -0.2) is 9.97 Å². The SMILES string of the molecule is COCC1CCN(c2ncc(I)cn2)CC1. The Hall–Kier alpha value is -0.430. The van der Waals surface area contributed by atoms with E-state index in [0.717, 1.165) is 29.2 Å². The third kappa shape index (κ3) is 3.04. The second-order valence-corrected chi connectivity index (χ2v) is 5.33. The van der Waals surface area contributed by atoms with E-state index in [2.05, 4.69) is 37.5 Å². The predicted molar refractivity (Wildman–Crippen MR) is 71.6 cm³/mol. The zero-order chi connectivity index (χ0) is 11.4. The molecule has 0 aromatic carbocycles. The lowest BCUT2D eigenvalue weighted by Gasteiger charge is -2.31. The van der Waals surface area contributed by atoms with Gasteiger partial charge in [-0.2, -0.15) is 0 Å². The minimum Gasteiger partial charge on any atom is -0.384 e. The standard InChI is InChI=1S/C11H16IN3O/c1-16-8-9-2-4-15(5-3-9)11-13-6-10(12)7-14-11/h6-7,9H,2-5,8H2,1H3.